The van der Waals surface area contributed by atoms with Crippen LogP contribution in [0.4, 0.5) is 0 Å². The van der Waals surface area contributed by atoms with Crippen LogP contribution in [0, 0.1) is 13.8 Å². The van der Waals surface area contributed by atoms with Crippen molar-refractivity contribution in [2.24, 2.45) is 0 Å². The summed E-state index contributed by atoms with van der Waals surface area (Å²) in [5.41, 5.74) is 3.65. The summed E-state index contributed by atoms with van der Waals surface area (Å²) in [5.74, 6) is 0.817. The molecule has 4 rings (SSSR count). The fourth-order valence-electron chi connectivity index (χ4n) is 3.77. The average Bonchev–Trinajstić information content (AvgIpc) is 2.84. The minimum Gasteiger partial charge on any atom is -0.383 e. The first-order valence-electron chi connectivity index (χ1n) is 11.2. The lowest BCUT2D eigenvalue weighted by atomic mass is 10.1. The molecule has 2 aromatic heterocycles. The maximum absolute atomic E-state index is 13.7. The molecule has 0 saturated carbocycles. The zero-order valence-corrected chi connectivity index (χ0v) is 20.8. The van der Waals surface area contributed by atoms with Crippen molar-refractivity contribution >= 4 is 28.6 Å². The number of amides is 1. The summed E-state index contributed by atoms with van der Waals surface area (Å²) in [6.45, 7) is 4.75. The van der Waals surface area contributed by atoms with E-state index < -0.39 is 0 Å². The van der Waals surface area contributed by atoms with E-state index in [1.807, 2.05) is 50.2 Å². The van der Waals surface area contributed by atoms with Gasteiger partial charge in [-0.2, -0.15) is 0 Å². The molecular formula is C26H27N5O3S. The first-order valence-corrected chi connectivity index (χ1v) is 12.2. The zero-order chi connectivity index (χ0) is 24.8. The minimum absolute atomic E-state index is 0.157. The molecule has 0 atom stereocenters. The van der Waals surface area contributed by atoms with Crippen molar-refractivity contribution in [3.05, 3.63) is 93.3 Å². The number of aromatic nitrogens is 4. The second-order valence-electron chi connectivity index (χ2n) is 8.13. The summed E-state index contributed by atoms with van der Waals surface area (Å²) in [7, 11) is 1.59. The molecule has 0 radical (unpaired) electrons. The van der Waals surface area contributed by atoms with Crippen molar-refractivity contribution in [2.75, 3.05) is 20.3 Å². The topological polar surface area (TPSA) is 101 Å². The van der Waals surface area contributed by atoms with Gasteiger partial charge in [-0.3, -0.25) is 9.59 Å². The Balaban J connectivity index is 1.59. The molecule has 0 fully saturated rings. The Morgan fingerprint density at radius 2 is 1.74 bits per heavy atom. The summed E-state index contributed by atoms with van der Waals surface area (Å²) < 4.78 is 5.24. The van der Waals surface area contributed by atoms with Gasteiger partial charge in [0.2, 0.25) is 0 Å². The Bertz CT molecular complexity index is 1390. The fourth-order valence-corrected chi connectivity index (χ4v) is 4.72. The van der Waals surface area contributed by atoms with E-state index in [9.17, 15) is 9.59 Å². The van der Waals surface area contributed by atoms with Crippen LogP contribution in [-0.4, -0.2) is 51.0 Å². The first-order chi connectivity index (χ1) is 16.9. The maximum atomic E-state index is 13.7. The molecule has 0 unspecified atom stereocenters. The van der Waals surface area contributed by atoms with Crippen LogP contribution in [0.3, 0.4) is 0 Å². The van der Waals surface area contributed by atoms with E-state index in [-0.39, 0.29) is 18.0 Å². The van der Waals surface area contributed by atoms with E-state index >= 15 is 0 Å². The predicted octanol–water partition coefficient (Wildman–Crippen LogP) is 3.91. The number of ether oxygens (including phenoxy) is 1. The van der Waals surface area contributed by atoms with Gasteiger partial charge in [0.1, 0.15) is 5.82 Å². The third kappa shape index (κ3) is 6.12. The summed E-state index contributed by atoms with van der Waals surface area (Å²) in [5, 5.41) is 1.20. The number of nitrogens with one attached hydrogen (secondary N) is 1. The number of nitrogens with zero attached hydrogens (tertiary/aromatic N) is 4. The minimum atomic E-state index is -0.227. The number of carbonyl (C=O) groups excluding carboxylic acids is 1. The lowest BCUT2D eigenvalue weighted by Gasteiger charge is -2.23. The van der Waals surface area contributed by atoms with Crippen LogP contribution < -0.4 is 5.56 Å². The van der Waals surface area contributed by atoms with Gasteiger partial charge in [0.25, 0.3) is 11.5 Å². The van der Waals surface area contributed by atoms with E-state index in [2.05, 4.69) is 19.9 Å². The van der Waals surface area contributed by atoms with Gasteiger partial charge in [-0.05, 0) is 43.7 Å². The highest BCUT2D eigenvalue weighted by Crippen LogP contribution is 2.23. The molecule has 35 heavy (non-hydrogen) atoms. The monoisotopic (exact) mass is 489 g/mol. The number of rotatable bonds is 9. The van der Waals surface area contributed by atoms with Crippen LogP contribution >= 0.6 is 11.8 Å². The van der Waals surface area contributed by atoms with Crippen LogP contribution in [0.1, 0.15) is 33.1 Å². The second kappa shape index (κ2) is 11.2. The number of para-hydroxylation sites is 1. The van der Waals surface area contributed by atoms with Gasteiger partial charge in [0.15, 0.2) is 5.16 Å². The third-order valence-electron chi connectivity index (χ3n) is 5.42. The number of fused-ring (bicyclic) bond motifs is 1. The quantitative estimate of drug-likeness (QED) is 0.281. The van der Waals surface area contributed by atoms with Crippen molar-refractivity contribution in [3.63, 3.8) is 0 Å². The summed E-state index contributed by atoms with van der Waals surface area (Å²) >= 11 is 1.49. The van der Waals surface area contributed by atoms with Crippen molar-refractivity contribution in [1.82, 2.24) is 24.8 Å². The van der Waals surface area contributed by atoms with Crippen LogP contribution in [-0.2, 0) is 17.0 Å². The number of carbonyl (C=O) groups is 1. The summed E-state index contributed by atoms with van der Waals surface area (Å²) in [6, 6.07) is 16.6. The van der Waals surface area contributed by atoms with Gasteiger partial charge in [-0.15, -0.1) is 0 Å². The number of aryl methyl sites for hydroxylation is 2. The molecule has 0 aliphatic heterocycles. The van der Waals surface area contributed by atoms with Crippen LogP contribution in [0.2, 0.25) is 0 Å². The summed E-state index contributed by atoms with van der Waals surface area (Å²) in [4.78, 5) is 44.2. The molecule has 9 heteroatoms. The second-order valence-corrected chi connectivity index (χ2v) is 9.07. The Kier molecular flexibility index (Phi) is 7.89. The van der Waals surface area contributed by atoms with Crippen molar-refractivity contribution < 1.29 is 9.53 Å². The Morgan fingerprint density at radius 1 is 1.03 bits per heavy atom. The molecule has 0 aliphatic rings. The van der Waals surface area contributed by atoms with Gasteiger partial charge in [-0.25, -0.2) is 15.0 Å². The van der Waals surface area contributed by atoms with E-state index in [0.717, 1.165) is 17.0 Å². The van der Waals surface area contributed by atoms with Gasteiger partial charge < -0.3 is 14.6 Å². The maximum Gasteiger partial charge on any atom is 0.258 e. The number of benzene rings is 2. The fraction of sp³-hybridized carbons (Fsp3) is 0.269. The van der Waals surface area contributed by atoms with Gasteiger partial charge in [0.05, 0.1) is 24.1 Å². The highest BCUT2D eigenvalue weighted by Gasteiger charge is 2.20. The number of aromatic amines is 1. The molecule has 1 amide bonds. The Hall–Kier alpha value is -3.56. The van der Waals surface area contributed by atoms with E-state index in [1.54, 1.807) is 30.2 Å². The molecule has 8 nitrogen and oxygen atoms in total. The SMILES string of the molecule is COCCN(Cc1nc2ccccc2c(=O)[nH]1)C(=O)c1ccccc1CSc1nc(C)cc(C)n1. The smallest absolute Gasteiger partial charge is 0.258 e. The first kappa shape index (κ1) is 24.6. The lowest BCUT2D eigenvalue weighted by molar-refractivity contribution is 0.0674. The molecule has 0 aliphatic carbocycles. The van der Waals surface area contributed by atoms with Crippen molar-refractivity contribution in [1.29, 1.82) is 0 Å². The number of hydrogen-bond acceptors (Lipinski definition) is 7. The molecule has 1 N–H and O–H groups in total. The van der Waals surface area contributed by atoms with E-state index in [1.165, 1.54) is 11.8 Å². The number of methoxy groups -OCH3 is 1. The summed E-state index contributed by atoms with van der Waals surface area (Å²) in [6.07, 6.45) is 0. The Morgan fingerprint density at radius 3 is 2.51 bits per heavy atom. The molecule has 4 aromatic rings. The standard InChI is InChI=1S/C26H27N5O3S/c1-17-14-18(2)28-26(27-17)35-16-19-8-4-5-9-20(19)25(33)31(12-13-34-3)15-23-29-22-11-7-6-10-21(22)24(32)30-23/h4-11,14H,12-13,15-16H2,1-3H3,(H,29,30,32). The Labute approximate surface area is 207 Å². The largest absolute Gasteiger partial charge is 0.383 e. The molecule has 0 saturated heterocycles. The third-order valence-corrected chi connectivity index (χ3v) is 6.32. The van der Waals surface area contributed by atoms with Gasteiger partial charge in [0, 0.05) is 36.4 Å². The predicted molar refractivity (Wildman–Crippen MR) is 136 cm³/mol. The molecule has 2 heterocycles. The molecular weight excluding hydrogens is 462 g/mol. The average molecular weight is 490 g/mol. The van der Waals surface area contributed by atoms with Crippen molar-refractivity contribution in [3.8, 4) is 0 Å². The highest BCUT2D eigenvalue weighted by molar-refractivity contribution is 7.98. The molecule has 0 bridgehead atoms. The van der Waals surface area contributed by atoms with Gasteiger partial charge in [-0.1, -0.05) is 42.1 Å². The normalized spacial score (nSPS) is 11.1. The van der Waals surface area contributed by atoms with Crippen molar-refractivity contribution in [2.45, 2.75) is 31.3 Å². The van der Waals surface area contributed by atoms with E-state index in [0.29, 0.717) is 46.4 Å². The molecule has 2 aromatic carbocycles. The van der Waals surface area contributed by atoms with Crippen LogP contribution in [0.25, 0.3) is 10.9 Å². The van der Waals surface area contributed by atoms with Crippen LogP contribution in [0.15, 0.2) is 64.5 Å². The zero-order valence-electron chi connectivity index (χ0n) is 19.9. The number of hydrogen-bond donors (Lipinski definition) is 1. The number of H-pyrrole nitrogens is 1. The number of thioether (sulfide) groups is 1. The van der Waals surface area contributed by atoms with E-state index in [4.69, 9.17) is 4.74 Å². The molecule has 0 spiro atoms. The lowest BCUT2D eigenvalue weighted by Crippen LogP contribution is -2.35. The molecule has 180 valence electrons. The highest BCUT2D eigenvalue weighted by atomic mass is 32.2. The van der Waals surface area contributed by atoms with Crippen LogP contribution in [0.5, 0.6) is 0 Å². The van der Waals surface area contributed by atoms with Gasteiger partial charge >= 0.3 is 0 Å².